The van der Waals surface area contributed by atoms with Gasteiger partial charge in [-0.25, -0.2) is 4.79 Å². The first-order valence-electron chi connectivity index (χ1n) is 11.6. The summed E-state index contributed by atoms with van der Waals surface area (Å²) in [4.78, 5) is 22.6. The number of alkyl carbamates (subject to hydrolysis) is 1. The third-order valence-corrected chi connectivity index (χ3v) is 5.71. The van der Waals surface area contributed by atoms with Crippen molar-refractivity contribution in [3.05, 3.63) is 0 Å². The Morgan fingerprint density at radius 2 is 1.47 bits per heavy atom. The Bertz CT molecular complexity index is 683. The molecule has 0 aromatic rings. The molecule has 2 saturated heterocycles. The predicted molar refractivity (Wildman–Crippen MR) is 116 cm³/mol. The summed E-state index contributed by atoms with van der Waals surface area (Å²) in [7, 11) is 1.27. The van der Waals surface area contributed by atoms with Crippen LogP contribution >= 0.6 is 0 Å². The molecular weight excluding hydrogens is 490 g/mol. The van der Waals surface area contributed by atoms with Crippen molar-refractivity contribution in [3.63, 3.8) is 0 Å². The third kappa shape index (κ3) is 8.26. The number of ether oxygens (including phenoxy) is 6. The third-order valence-electron chi connectivity index (χ3n) is 5.71. The van der Waals surface area contributed by atoms with E-state index in [1.165, 1.54) is 14.0 Å². The molecule has 2 aliphatic rings. The van der Waals surface area contributed by atoms with E-state index in [-0.39, 0.29) is 19.0 Å². The summed E-state index contributed by atoms with van der Waals surface area (Å²) < 4.78 is 32.5. The topological polar surface area (TPSA) is 223 Å². The number of carbonyl (C=O) groups excluding carboxylic acids is 2. The summed E-state index contributed by atoms with van der Waals surface area (Å²) in [6, 6.07) is 0. The van der Waals surface area contributed by atoms with Gasteiger partial charge in [-0.3, -0.25) is 0 Å². The Kier molecular flexibility index (Phi) is 12.8. The highest BCUT2D eigenvalue weighted by molar-refractivity contribution is 5.75. The summed E-state index contributed by atoms with van der Waals surface area (Å²) >= 11 is 0. The number of ketones is 1. The van der Waals surface area contributed by atoms with Crippen LogP contribution in [-0.4, -0.2) is 144 Å². The van der Waals surface area contributed by atoms with Crippen molar-refractivity contribution in [3.8, 4) is 0 Å². The van der Waals surface area contributed by atoms with E-state index < -0.39 is 80.7 Å². The second-order valence-electron chi connectivity index (χ2n) is 8.42. The molecule has 0 radical (unpaired) electrons. The van der Waals surface area contributed by atoms with E-state index in [4.69, 9.17) is 28.4 Å². The van der Waals surface area contributed by atoms with Gasteiger partial charge in [0, 0.05) is 20.1 Å². The first-order chi connectivity index (χ1) is 17.1. The molecule has 36 heavy (non-hydrogen) atoms. The lowest BCUT2D eigenvalue weighted by molar-refractivity contribution is -0.367. The highest BCUT2D eigenvalue weighted by atomic mass is 16.8. The van der Waals surface area contributed by atoms with Crippen molar-refractivity contribution in [2.45, 2.75) is 81.2 Å². The minimum absolute atomic E-state index is 0.0408. The maximum absolute atomic E-state index is 11.7. The van der Waals surface area contributed by atoms with Crippen LogP contribution in [0.25, 0.3) is 0 Å². The molecule has 0 aromatic heterocycles. The molecule has 7 N–H and O–H groups in total. The lowest BCUT2D eigenvalue weighted by Crippen LogP contribution is -2.65. The van der Waals surface area contributed by atoms with Crippen LogP contribution in [0.5, 0.6) is 0 Å². The van der Waals surface area contributed by atoms with Gasteiger partial charge in [-0.1, -0.05) is 0 Å². The highest BCUT2D eigenvalue weighted by Crippen LogP contribution is 2.30. The average Bonchev–Trinajstić information content (AvgIpc) is 2.85. The zero-order chi connectivity index (χ0) is 26.8. The minimum Gasteiger partial charge on any atom is -0.440 e. The Hall–Kier alpha value is -1.50. The molecule has 1 unspecified atom stereocenters. The molecule has 2 heterocycles. The molecule has 15 heteroatoms. The van der Waals surface area contributed by atoms with E-state index in [0.29, 0.717) is 19.4 Å². The number of Topliss-reactive ketones (excluding diaryl/α,β-unsaturated/α-hetero) is 1. The van der Waals surface area contributed by atoms with Crippen molar-refractivity contribution < 1.29 is 68.6 Å². The van der Waals surface area contributed by atoms with Crippen LogP contribution in [0.15, 0.2) is 0 Å². The van der Waals surface area contributed by atoms with E-state index in [9.17, 15) is 40.2 Å². The monoisotopic (exact) mass is 527 g/mol. The molecule has 2 rings (SSSR count). The molecule has 0 aliphatic carbocycles. The fraction of sp³-hybridized carbons (Fsp3) is 0.905. The van der Waals surface area contributed by atoms with E-state index in [1.807, 2.05) is 0 Å². The largest absolute Gasteiger partial charge is 0.440 e. The van der Waals surface area contributed by atoms with E-state index in [0.717, 1.165) is 0 Å². The molecule has 0 saturated carbocycles. The Balaban J connectivity index is 2.07. The van der Waals surface area contributed by atoms with Gasteiger partial charge in [-0.05, 0) is 13.3 Å². The summed E-state index contributed by atoms with van der Waals surface area (Å²) in [5.41, 5.74) is 0. The zero-order valence-electron chi connectivity index (χ0n) is 20.2. The van der Waals surface area contributed by atoms with Crippen LogP contribution in [0, 0.1) is 0 Å². The highest BCUT2D eigenvalue weighted by Gasteiger charge is 2.52. The molecule has 10 atom stereocenters. The van der Waals surface area contributed by atoms with Crippen LogP contribution in [-0.2, 0) is 33.2 Å². The van der Waals surface area contributed by atoms with Gasteiger partial charge >= 0.3 is 6.09 Å². The van der Waals surface area contributed by atoms with Crippen molar-refractivity contribution in [2.24, 2.45) is 0 Å². The van der Waals surface area contributed by atoms with Crippen molar-refractivity contribution in [1.82, 2.24) is 5.32 Å². The van der Waals surface area contributed by atoms with Crippen molar-refractivity contribution in [2.75, 3.05) is 40.1 Å². The smallest absolute Gasteiger partial charge is 0.407 e. The summed E-state index contributed by atoms with van der Waals surface area (Å²) in [5.74, 6) is 0.0408. The number of nitrogens with one attached hydrogen (secondary N) is 1. The first-order valence-corrected chi connectivity index (χ1v) is 11.6. The van der Waals surface area contributed by atoms with Gasteiger partial charge in [0.05, 0.1) is 26.4 Å². The molecule has 1 amide bonds. The molecule has 0 aromatic carbocycles. The predicted octanol–water partition coefficient (Wildman–Crippen LogP) is -3.62. The summed E-state index contributed by atoms with van der Waals surface area (Å²) in [5, 5.41) is 63.1. The molecule has 0 bridgehead atoms. The van der Waals surface area contributed by atoms with Crippen LogP contribution in [0.3, 0.4) is 0 Å². The van der Waals surface area contributed by atoms with E-state index in [2.05, 4.69) is 5.32 Å². The molecule has 0 spiro atoms. The summed E-state index contributed by atoms with van der Waals surface area (Å²) in [6.07, 6.45) is -15.3. The zero-order valence-corrected chi connectivity index (χ0v) is 20.2. The molecule has 2 aliphatic heterocycles. The number of carbonyl (C=O) groups is 2. The van der Waals surface area contributed by atoms with Crippen LogP contribution in [0.1, 0.15) is 19.8 Å². The normalized spacial score (nSPS) is 36.9. The lowest BCUT2D eigenvalue weighted by Gasteiger charge is -2.46. The standard InChI is InChI=1S/C21H37NO14/c1-10(25)4-3-5-31-6-7-32-20-18(15(28)13(26)11(8-23)34-20)35-19-16(29)17(36-21(30)22-2)14(27)12(9-24)33-19/h11-20,23-24,26-29H,3-9H2,1-2H3,(H,22,30)/t11-,12+,13+,14+,15-,16-,17-,18-,19+,20?/m0/s1. The van der Waals surface area contributed by atoms with Gasteiger partial charge in [-0.2, -0.15) is 0 Å². The number of hydrogen-bond acceptors (Lipinski definition) is 14. The van der Waals surface area contributed by atoms with E-state index >= 15 is 0 Å². The fourth-order valence-electron chi connectivity index (χ4n) is 3.73. The van der Waals surface area contributed by atoms with Crippen molar-refractivity contribution >= 4 is 11.9 Å². The second kappa shape index (κ2) is 15.0. The minimum atomic E-state index is -1.77. The molecule has 2 fully saturated rings. The lowest BCUT2D eigenvalue weighted by atomic mass is 9.97. The maximum atomic E-state index is 11.7. The number of hydrogen-bond donors (Lipinski definition) is 7. The van der Waals surface area contributed by atoms with Gasteiger partial charge in [0.15, 0.2) is 18.7 Å². The Morgan fingerprint density at radius 1 is 0.833 bits per heavy atom. The second-order valence-corrected chi connectivity index (χ2v) is 8.42. The van der Waals surface area contributed by atoms with Crippen molar-refractivity contribution in [1.29, 1.82) is 0 Å². The van der Waals surface area contributed by atoms with Gasteiger partial charge in [0.25, 0.3) is 0 Å². The number of aliphatic hydroxyl groups excluding tert-OH is 6. The maximum Gasteiger partial charge on any atom is 0.407 e. The fourth-order valence-corrected chi connectivity index (χ4v) is 3.73. The van der Waals surface area contributed by atoms with Crippen LogP contribution in [0.4, 0.5) is 4.79 Å². The van der Waals surface area contributed by atoms with Gasteiger partial charge in [0.1, 0.15) is 48.5 Å². The SMILES string of the molecule is CNC(=O)O[C@@H]1[C@H](O)[C@@H](O[C@@H]2C(OCCOCCCC(C)=O)O[C@@H](CO)[C@@H](O)[C@@H]2O)O[C@H](CO)[C@H]1O. The number of rotatable bonds is 13. The average molecular weight is 528 g/mol. The van der Waals surface area contributed by atoms with Crippen LogP contribution < -0.4 is 5.32 Å². The molecular formula is C21H37NO14. The van der Waals surface area contributed by atoms with Gasteiger partial charge in [0.2, 0.25) is 0 Å². The first kappa shape index (κ1) is 30.7. The quantitative estimate of drug-likeness (QED) is 0.115. The van der Waals surface area contributed by atoms with Gasteiger partial charge < -0.3 is 69.2 Å². The molecule has 210 valence electrons. The number of amides is 1. The Morgan fingerprint density at radius 3 is 2.08 bits per heavy atom. The van der Waals surface area contributed by atoms with Gasteiger partial charge in [-0.15, -0.1) is 0 Å². The number of aliphatic hydroxyl groups is 6. The summed E-state index contributed by atoms with van der Waals surface area (Å²) in [6.45, 7) is 0.465. The molecule has 15 nitrogen and oxygen atoms in total. The van der Waals surface area contributed by atoms with Crippen LogP contribution in [0.2, 0.25) is 0 Å². The Labute approximate surface area is 207 Å². The van der Waals surface area contributed by atoms with E-state index in [1.54, 1.807) is 0 Å².